The van der Waals surface area contributed by atoms with Crippen molar-refractivity contribution in [2.24, 2.45) is 0 Å². The summed E-state index contributed by atoms with van der Waals surface area (Å²) >= 11 is 0. The van der Waals surface area contributed by atoms with E-state index in [1.165, 1.54) is 32.6 Å². The first-order valence-corrected chi connectivity index (χ1v) is 13.6. The van der Waals surface area contributed by atoms with Crippen LogP contribution in [0.4, 0.5) is 0 Å². The zero-order valence-electron chi connectivity index (χ0n) is 23.6. The van der Waals surface area contributed by atoms with Gasteiger partial charge in [-0.3, -0.25) is 4.79 Å². The number of phenols is 1. The molecule has 44 heavy (non-hydrogen) atoms. The van der Waals surface area contributed by atoms with Crippen molar-refractivity contribution in [1.29, 1.82) is 0 Å². The molecule has 0 amide bonds. The molecular weight excluding hydrogens is 588 g/mol. The third kappa shape index (κ3) is 6.25. The Morgan fingerprint density at radius 3 is 1.75 bits per heavy atom. The van der Waals surface area contributed by atoms with Crippen LogP contribution < -0.4 is 14.9 Å². The maximum Gasteiger partial charge on any atom is 0.204 e. The molecule has 2 aromatic carbocycles. The highest BCUT2D eigenvalue weighted by Crippen LogP contribution is 2.32. The number of benzene rings is 2. The summed E-state index contributed by atoms with van der Waals surface area (Å²) in [6.45, 7) is -0.449. The zero-order chi connectivity index (χ0) is 31.7. The molecule has 2 aliphatic rings. The van der Waals surface area contributed by atoms with Gasteiger partial charge < -0.3 is 68.6 Å². The van der Waals surface area contributed by atoms with Crippen LogP contribution in [0.1, 0.15) is 0 Å². The van der Waals surface area contributed by atoms with Crippen molar-refractivity contribution in [3.05, 3.63) is 52.9 Å². The lowest BCUT2D eigenvalue weighted by molar-refractivity contribution is -0.293. The van der Waals surface area contributed by atoms with E-state index < -0.39 is 72.6 Å². The van der Waals surface area contributed by atoms with Crippen LogP contribution in [0.2, 0.25) is 0 Å². The van der Waals surface area contributed by atoms with E-state index in [9.17, 15) is 40.5 Å². The first kappa shape index (κ1) is 32.1. The topological polar surface area (TPSA) is 227 Å². The van der Waals surface area contributed by atoms with Gasteiger partial charge in [-0.05, 0) is 17.7 Å². The third-order valence-corrected chi connectivity index (χ3v) is 7.63. The van der Waals surface area contributed by atoms with Gasteiger partial charge in [0.1, 0.15) is 96.5 Å². The van der Waals surface area contributed by atoms with Crippen LogP contribution in [-0.4, -0.2) is 125 Å². The second-order valence-electron chi connectivity index (χ2n) is 10.4. The maximum absolute atomic E-state index is 13.3. The molecule has 240 valence electrons. The quantitative estimate of drug-likeness (QED) is 0.149. The third-order valence-electron chi connectivity index (χ3n) is 7.63. The molecule has 1 aromatic heterocycles. The minimum atomic E-state index is -1.53. The molecule has 0 radical (unpaired) electrons. The van der Waals surface area contributed by atoms with Crippen LogP contribution in [0.25, 0.3) is 22.1 Å². The zero-order valence-corrected chi connectivity index (χ0v) is 23.6. The van der Waals surface area contributed by atoms with E-state index in [4.69, 9.17) is 32.8 Å². The molecule has 10 atom stereocenters. The highest BCUT2D eigenvalue weighted by atomic mass is 16.7. The minimum Gasteiger partial charge on any atom is -0.507 e. The standard InChI is InChI=1S/C29H34O15/c1-38-28-26(36)24(34)22(32)18(43-28)10-40-13-5-3-12(4-6-13)15-9-42-17-8-14(7-16(30)20(17)21(15)31)41-11-19-23(33)25(35)27(37)29(39-2)44-19/h3-9,18-19,22-30,32-37H,10-11H2,1-2H3/t18-,19-,22-,23-,24+,25+,26-,27-,28+,29+/m1/s1. The summed E-state index contributed by atoms with van der Waals surface area (Å²) in [6.07, 6.45) is -11.9. The molecule has 15 heteroatoms. The van der Waals surface area contributed by atoms with Crippen LogP contribution in [0, 0.1) is 0 Å². The van der Waals surface area contributed by atoms with Gasteiger partial charge in [-0.15, -0.1) is 0 Å². The summed E-state index contributed by atoms with van der Waals surface area (Å²) in [4.78, 5) is 13.3. The summed E-state index contributed by atoms with van der Waals surface area (Å²) in [5, 5.41) is 70.9. The summed E-state index contributed by atoms with van der Waals surface area (Å²) in [6, 6.07) is 8.87. The van der Waals surface area contributed by atoms with E-state index in [-0.39, 0.29) is 35.5 Å². The van der Waals surface area contributed by atoms with Gasteiger partial charge in [0.2, 0.25) is 5.43 Å². The van der Waals surface area contributed by atoms with E-state index >= 15 is 0 Å². The van der Waals surface area contributed by atoms with Gasteiger partial charge in [0.25, 0.3) is 0 Å². The van der Waals surface area contributed by atoms with Crippen molar-refractivity contribution in [3.63, 3.8) is 0 Å². The van der Waals surface area contributed by atoms with E-state index in [0.717, 1.165) is 0 Å². The van der Waals surface area contributed by atoms with Crippen molar-refractivity contribution in [2.75, 3.05) is 27.4 Å². The van der Waals surface area contributed by atoms with Crippen LogP contribution >= 0.6 is 0 Å². The van der Waals surface area contributed by atoms with Crippen molar-refractivity contribution in [3.8, 4) is 28.4 Å². The molecule has 3 aromatic rings. The summed E-state index contributed by atoms with van der Waals surface area (Å²) in [5.41, 5.74) is 0.108. The second kappa shape index (κ2) is 13.3. The predicted molar refractivity (Wildman–Crippen MR) is 148 cm³/mol. The second-order valence-corrected chi connectivity index (χ2v) is 10.4. The number of hydrogen-bond acceptors (Lipinski definition) is 15. The van der Waals surface area contributed by atoms with Crippen LogP contribution in [-0.2, 0) is 18.9 Å². The average Bonchev–Trinajstić information content (AvgIpc) is 3.02. The van der Waals surface area contributed by atoms with Crippen LogP contribution in [0.15, 0.2) is 51.9 Å². The van der Waals surface area contributed by atoms with Crippen molar-refractivity contribution < 1.29 is 68.6 Å². The monoisotopic (exact) mass is 622 g/mol. The van der Waals surface area contributed by atoms with Crippen molar-refractivity contribution >= 4 is 11.0 Å². The van der Waals surface area contributed by atoms with Gasteiger partial charge in [0.05, 0.1) is 5.56 Å². The van der Waals surface area contributed by atoms with Gasteiger partial charge in [0, 0.05) is 26.4 Å². The molecule has 5 rings (SSSR count). The fourth-order valence-corrected chi connectivity index (χ4v) is 5.08. The molecular formula is C29H34O15. The molecule has 0 spiro atoms. The van der Waals surface area contributed by atoms with Gasteiger partial charge in [-0.25, -0.2) is 0 Å². The Balaban J connectivity index is 1.26. The smallest absolute Gasteiger partial charge is 0.204 e. The lowest BCUT2D eigenvalue weighted by atomic mass is 9.99. The fraction of sp³-hybridized carbons (Fsp3) is 0.483. The van der Waals surface area contributed by atoms with Gasteiger partial charge >= 0.3 is 0 Å². The number of phenolic OH excluding ortho intramolecular Hbond substituents is 1. The van der Waals surface area contributed by atoms with Gasteiger partial charge in [-0.2, -0.15) is 0 Å². The van der Waals surface area contributed by atoms with Crippen molar-refractivity contribution in [1.82, 2.24) is 0 Å². The Bertz CT molecular complexity index is 1470. The molecule has 0 bridgehead atoms. The largest absolute Gasteiger partial charge is 0.507 e. The molecule has 2 aliphatic heterocycles. The molecule has 2 fully saturated rings. The van der Waals surface area contributed by atoms with Gasteiger partial charge in [-0.1, -0.05) is 12.1 Å². The first-order chi connectivity index (χ1) is 21.0. The van der Waals surface area contributed by atoms with E-state index in [1.54, 1.807) is 24.3 Å². The Labute approximate surface area is 249 Å². The number of fused-ring (bicyclic) bond motifs is 1. The summed E-state index contributed by atoms with van der Waals surface area (Å²) in [5.74, 6) is 0.0274. The number of rotatable bonds is 9. The van der Waals surface area contributed by atoms with E-state index in [2.05, 4.69) is 0 Å². The number of ether oxygens (including phenoxy) is 6. The van der Waals surface area contributed by atoms with E-state index in [1.807, 2.05) is 0 Å². The molecule has 0 saturated carbocycles. The molecule has 0 aliphatic carbocycles. The number of aliphatic hydroxyl groups excluding tert-OH is 6. The lowest BCUT2D eigenvalue weighted by Crippen LogP contribution is -2.59. The summed E-state index contributed by atoms with van der Waals surface area (Å²) in [7, 11) is 2.56. The maximum atomic E-state index is 13.3. The fourth-order valence-electron chi connectivity index (χ4n) is 5.08. The molecule has 7 N–H and O–H groups in total. The highest BCUT2D eigenvalue weighted by Gasteiger charge is 2.45. The number of hydrogen-bond donors (Lipinski definition) is 7. The number of aliphatic hydroxyl groups is 6. The Morgan fingerprint density at radius 1 is 0.705 bits per heavy atom. The number of aromatic hydroxyl groups is 1. The van der Waals surface area contributed by atoms with Crippen LogP contribution in [0.5, 0.6) is 17.2 Å². The van der Waals surface area contributed by atoms with Gasteiger partial charge in [0.15, 0.2) is 12.6 Å². The highest BCUT2D eigenvalue weighted by molar-refractivity contribution is 5.88. The normalized spacial score (nSPS) is 32.5. The minimum absolute atomic E-state index is 0.0248. The molecule has 2 saturated heterocycles. The number of methoxy groups -OCH3 is 2. The lowest BCUT2D eigenvalue weighted by Gasteiger charge is -2.39. The molecule has 0 unspecified atom stereocenters. The summed E-state index contributed by atoms with van der Waals surface area (Å²) < 4.78 is 37.8. The Morgan fingerprint density at radius 2 is 1.23 bits per heavy atom. The average molecular weight is 623 g/mol. The Hall–Kier alpha value is -3.35. The Kier molecular flexibility index (Phi) is 9.71. The van der Waals surface area contributed by atoms with Crippen molar-refractivity contribution in [2.45, 2.75) is 61.4 Å². The molecule has 15 nitrogen and oxygen atoms in total. The first-order valence-electron chi connectivity index (χ1n) is 13.6. The van der Waals surface area contributed by atoms with Crippen LogP contribution in [0.3, 0.4) is 0 Å². The molecule has 3 heterocycles. The SMILES string of the molecule is CO[C@H]1O[C@H](COc2ccc(-c3coc4cc(OC[C@H]5O[C@H](OC)[C@H](O)[C@@H](O)[C@@H]5O)cc(O)c4c3=O)cc2)[C@@H](O)[C@H](O)[C@H]1O. The predicted octanol–water partition coefficient (Wildman–Crippen LogP) is -1.17. The van der Waals surface area contributed by atoms with E-state index in [0.29, 0.717) is 11.3 Å².